The second-order valence-electron chi connectivity index (χ2n) is 6.33. The fourth-order valence-corrected chi connectivity index (χ4v) is 2.45. The first-order valence-electron chi connectivity index (χ1n) is 8.43. The van der Waals surface area contributed by atoms with Gasteiger partial charge in [-0.2, -0.15) is 0 Å². The third-order valence-electron chi connectivity index (χ3n) is 3.99. The fraction of sp³-hybridized carbons (Fsp3) is 0.500. The average molecular weight is 347 g/mol. The van der Waals surface area contributed by atoms with Crippen molar-refractivity contribution in [2.45, 2.75) is 13.3 Å². The van der Waals surface area contributed by atoms with E-state index in [-0.39, 0.29) is 23.7 Å². The molecular weight excluding hydrogens is 322 g/mol. The van der Waals surface area contributed by atoms with Crippen molar-refractivity contribution in [1.29, 1.82) is 0 Å². The number of nitrogens with one attached hydrogen (secondary N) is 2. The number of rotatable bonds is 8. The quantitative estimate of drug-likeness (QED) is 0.688. The van der Waals surface area contributed by atoms with Gasteiger partial charge in [0.15, 0.2) is 0 Å². The lowest BCUT2D eigenvalue weighted by atomic mass is 10.2. The molecule has 0 saturated heterocycles. The Kier molecular flexibility index (Phi) is 6.52. The van der Waals surface area contributed by atoms with Crippen LogP contribution in [0.2, 0.25) is 0 Å². The van der Waals surface area contributed by atoms with E-state index < -0.39 is 5.97 Å². The highest BCUT2D eigenvalue weighted by Gasteiger charge is 2.47. The van der Waals surface area contributed by atoms with Crippen molar-refractivity contribution in [3.63, 3.8) is 0 Å². The first-order chi connectivity index (χ1) is 11.9. The largest absolute Gasteiger partial charge is 0.462 e. The van der Waals surface area contributed by atoms with Crippen LogP contribution < -0.4 is 10.6 Å². The van der Waals surface area contributed by atoms with Crippen molar-refractivity contribution < 1.29 is 19.1 Å². The summed E-state index contributed by atoms with van der Waals surface area (Å²) < 4.78 is 4.91. The van der Waals surface area contributed by atoms with Gasteiger partial charge in [-0.15, -0.1) is 0 Å². The van der Waals surface area contributed by atoms with Crippen molar-refractivity contribution in [2.75, 3.05) is 39.1 Å². The smallest absolute Gasteiger partial charge is 0.338 e. The van der Waals surface area contributed by atoms with Crippen molar-refractivity contribution in [2.24, 2.45) is 11.8 Å². The molecule has 2 amide bonds. The molecule has 25 heavy (non-hydrogen) atoms. The minimum Gasteiger partial charge on any atom is -0.462 e. The van der Waals surface area contributed by atoms with Crippen molar-refractivity contribution in [1.82, 2.24) is 10.2 Å². The van der Waals surface area contributed by atoms with Crippen molar-refractivity contribution in [3.8, 4) is 0 Å². The molecule has 7 heteroatoms. The zero-order valence-electron chi connectivity index (χ0n) is 14.9. The van der Waals surface area contributed by atoms with Gasteiger partial charge in [0.1, 0.15) is 0 Å². The minimum atomic E-state index is -0.392. The Hall–Kier alpha value is -2.41. The number of nitrogens with zero attached hydrogens (tertiary/aromatic N) is 1. The Labute approximate surface area is 147 Å². The Balaban J connectivity index is 1.79. The molecule has 0 spiro atoms. The van der Waals surface area contributed by atoms with E-state index >= 15 is 0 Å². The standard InChI is InChI=1S/C18H25N3O4/c1-4-25-18(24)12-5-7-13(8-6-12)20-17(23)15-11-14(15)16(22)19-9-10-21(2)3/h5-8,14-15H,4,9-11H2,1-3H3,(H,19,22)(H,20,23). The molecule has 0 bridgehead atoms. The number of anilines is 1. The SMILES string of the molecule is CCOC(=O)c1ccc(NC(=O)C2CC2C(=O)NCCN(C)C)cc1. The maximum absolute atomic E-state index is 12.2. The predicted molar refractivity (Wildman–Crippen MR) is 94.2 cm³/mol. The number of hydrogen-bond donors (Lipinski definition) is 2. The molecule has 136 valence electrons. The van der Waals surface area contributed by atoms with Crippen LogP contribution in [0.15, 0.2) is 24.3 Å². The van der Waals surface area contributed by atoms with E-state index in [0.29, 0.717) is 30.8 Å². The van der Waals surface area contributed by atoms with Crippen LogP contribution in [-0.4, -0.2) is 56.5 Å². The number of esters is 1. The van der Waals surface area contributed by atoms with Gasteiger partial charge in [-0.1, -0.05) is 0 Å². The van der Waals surface area contributed by atoms with Gasteiger partial charge in [-0.25, -0.2) is 4.79 Å². The maximum atomic E-state index is 12.2. The molecule has 2 rings (SSSR count). The predicted octanol–water partition coefficient (Wildman–Crippen LogP) is 1.12. The number of ether oxygens (including phenoxy) is 1. The van der Waals surface area contributed by atoms with Crippen LogP contribution in [0.3, 0.4) is 0 Å². The van der Waals surface area contributed by atoms with Crippen LogP contribution >= 0.6 is 0 Å². The summed E-state index contributed by atoms with van der Waals surface area (Å²) >= 11 is 0. The Morgan fingerprint density at radius 1 is 1.12 bits per heavy atom. The van der Waals surface area contributed by atoms with E-state index in [4.69, 9.17) is 4.74 Å². The van der Waals surface area contributed by atoms with Crippen LogP contribution in [-0.2, 0) is 14.3 Å². The summed E-state index contributed by atoms with van der Waals surface area (Å²) in [7, 11) is 3.87. The van der Waals surface area contributed by atoms with Crippen LogP contribution in [0.1, 0.15) is 23.7 Å². The molecule has 2 N–H and O–H groups in total. The van der Waals surface area contributed by atoms with E-state index in [0.717, 1.165) is 6.54 Å². The molecule has 0 aromatic heterocycles. The van der Waals surface area contributed by atoms with E-state index in [2.05, 4.69) is 10.6 Å². The molecular formula is C18H25N3O4. The average Bonchev–Trinajstić information content (AvgIpc) is 3.36. The first-order valence-corrected chi connectivity index (χ1v) is 8.43. The van der Waals surface area contributed by atoms with E-state index in [1.54, 1.807) is 31.2 Å². The van der Waals surface area contributed by atoms with Gasteiger partial charge in [0.2, 0.25) is 11.8 Å². The summed E-state index contributed by atoms with van der Waals surface area (Å²) in [4.78, 5) is 37.7. The second-order valence-corrected chi connectivity index (χ2v) is 6.33. The Bertz CT molecular complexity index is 628. The normalized spacial score (nSPS) is 18.6. The highest BCUT2D eigenvalue weighted by Crippen LogP contribution is 2.39. The van der Waals surface area contributed by atoms with Crippen LogP contribution in [0.4, 0.5) is 5.69 Å². The van der Waals surface area contributed by atoms with Gasteiger partial charge in [-0.05, 0) is 51.7 Å². The van der Waals surface area contributed by atoms with Gasteiger partial charge in [0.25, 0.3) is 0 Å². The van der Waals surface area contributed by atoms with Gasteiger partial charge >= 0.3 is 5.97 Å². The molecule has 1 aromatic carbocycles. The summed E-state index contributed by atoms with van der Waals surface area (Å²) in [5.74, 6) is -1.17. The number of hydrogen-bond acceptors (Lipinski definition) is 5. The van der Waals surface area contributed by atoms with Gasteiger partial charge in [-0.3, -0.25) is 9.59 Å². The maximum Gasteiger partial charge on any atom is 0.338 e. The number of carbonyl (C=O) groups excluding carboxylic acids is 3. The molecule has 1 aromatic rings. The number of amides is 2. The third-order valence-corrected chi connectivity index (χ3v) is 3.99. The highest BCUT2D eigenvalue weighted by atomic mass is 16.5. The monoisotopic (exact) mass is 347 g/mol. The van der Waals surface area contributed by atoms with Crippen LogP contribution in [0.25, 0.3) is 0 Å². The molecule has 7 nitrogen and oxygen atoms in total. The van der Waals surface area contributed by atoms with Gasteiger partial charge in [0.05, 0.1) is 24.0 Å². The third kappa shape index (κ3) is 5.56. The highest BCUT2D eigenvalue weighted by molar-refractivity contribution is 5.99. The van der Waals surface area contributed by atoms with E-state index in [1.165, 1.54) is 0 Å². The molecule has 0 radical (unpaired) electrons. The van der Waals surface area contributed by atoms with Crippen molar-refractivity contribution in [3.05, 3.63) is 29.8 Å². The number of carbonyl (C=O) groups is 3. The second kappa shape index (κ2) is 8.62. The van der Waals surface area contributed by atoms with Crippen LogP contribution in [0, 0.1) is 11.8 Å². The van der Waals surface area contributed by atoms with Gasteiger partial charge < -0.3 is 20.3 Å². The lowest BCUT2D eigenvalue weighted by Crippen LogP contribution is -2.33. The number of benzene rings is 1. The zero-order valence-corrected chi connectivity index (χ0v) is 14.9. The summed E-state index contributed by atoms with van der Waals surface area (Å²) in [5, 5.41) is 5.63. The van der Waals surface area contributed by atoms with E-state index in [9.17, 15) is 14.4 Å². The van der Waals surface area contributed by atoms with Crippen LogP contribution in [0.5, 0.6) is 0 Å². The molecule has 0 heterocycles. The molecule has 2 atom stereocenters. The first kappa shape index (κ1) is 18.9. The molecule has 1 aliphatic rings. The molecule has 2 unspecified atom stereocenters. The lowest BCUT2D eigenvalue weighted by Gasteiger charge is -2.10. The number of likely N-dealkylation sites (N-methyl/N-ethyl adjacent to an activating group) is 1. The lowest BCUT2D eigenvalue weighted by molar-refractivity contribution is -0.125. The summed E-state index contributed by atoms with van der Waals surface area (Å²) in [6.07, 6.45) is 0.570. The van der Waals surface area contributed by atoms with Crippen molar-refractivity contribution >= 4 is 23.5 Å². The fourth-order valence-electron chi connectivity index (χ4n) is 2.45. The van der Waals surface area contributed by atoms with Gasteiger partial charge in [0, 0.05) is 18.8 Å². The molecule has 1 fully saturated rings. The topological polar surface area (TPSA) is 87.7 Å². The van der Waals surface area contributed by atoms with E-state index in [1.807, 2.05) is 19.0 Å². The molecule has 1 saturated carbocycles. The minimum absolute atomic E-state index is 0.0698. The zero-order chi connectivity index (χ0) is 18.4. The molecule has 1 aliphatic carbocycles. The summed E-state index contributed by atoms with van der Waals surface area (Å²) in [6, 6.07) is 6.51. The summed E-state index contributed by atoms with van der Waals surface area (Å²) in [5.41, 5.74) is 1.03. The Morgan fingerprint density at radius 2 is 1.76 bits per heavy atom. The summed E-state index contributed by atoms with van der Waals surface area (Å²) in [6.45, 7) is 3.40. The molecule has 0 aliphatic heterocycles. The Morgan fingerprint density at radius 3 is 2.36 bits per heavy atom.